The summed E-state index contributed by atoms with van der Waals surface area (Å²) in [6.45, 7) is 6.63. The first-order valence-corrected chi connectivity index (χ1v) is 16.8. The van der Waals surface area contributed by atoms with Gasteiger partial charge in [0, 0.05) is 16.7 Å². The summed E-state index contributed by atoms with van der Waals surface area (Å²) < 4.78 is 0. The van der Waals surface area contributed by atoms with Crippen LogP contribution >= 0.6 is 0 Å². The standard InChI is InChI=1S/C46H32N2/c1-27-21-24-36-44(47-27)45-37(46(36,2)3)25-26-38(48-45)30-22-23-35-41-31(30)19-12-20-34(41)42-39(28-13-6-4-7-14-28)32-17-10-11-18-33(32)40(43(35)42)29-15-8-5-9-16-29/h4-26H,1-3H3. The maximum absolute atomic E-state index is 5.39. The Labute approximate surface area is 280 Å². The monoisotopic (exact) mass is 612 g/mol. The van der Waals surface area contributed by atoms with E-state index >= 15 is 0 Å². The predicted octanol–water partition coefficient (Wildman–Crippen LogP) is 12.0. The van der Waals surface area contributed by atoms with Crippen molar-refractivity contribution in [2.45, 2.75) is 26.2 Å². The van der Waals surface area contributed by atoms with Crippen molar-refractivity contribution in [1.82, 2.24) is 9.97 Å². The highest BCUT2D eigenvalue weighted by atomic mass is 14.8. The van der Waals surface area contributed by atoms with Crippen LogP contribution in [0.25, 0.3) is 88.7 Å². The van der Waals surface area contributed by atoms with Crippen molar-refractivity contribution in [3.8, 4) is 67.2 Å². The summed E-state index contributed by atoms with van der Waals surface area (Å²) in [5, 5.41) is 5.07. The largest absolute Gasteiger partial charge is 0.251 e. The van der Waals surface area contributed by atoms with E-state index in [0.29, 0.717) is 0 Å². The second kappa shape index (κ2) is 9.82. The number of rotatable bonds is 3. The Kier molecular flexibility index (Phi) is 5.58. The summed E-state index contributed by atoms with van der Waals surface area (Å²) >= 11 is 0. The fourth-order valence-electron chi connectivity index (χ4n) is 8.51. The lowest BCUT2D eigenvalue weighted by molar-refractivity contribution is 0.657. The van der Waals surface area contributed by atoms with Crippen molar-refractivity contribution >= 4 is 21.5 Å². The van der Waals surface area contributed by atoms with Gasteiger partial charge in [-0.1, -0.05) is 141 Å². The van der Waals surface area contributed by atoms with Crippen LogP contribution in [0.3, 0.4) is 0 Å². The third kappa shape index (κ3) is 3.63. The van der Waals surface area contributed by atoms with Gasteiger partial charge in [-0.2, -0.15) is 0 Å². The Balaban J connectivity index is 1.29. The minimum Gasteiger partial charge on any atom is -0.251 e. The highest BCUT2D eigenvalue weighted by Gasteiger charge is 2.38. The third-order valence-electron chi connectivity index (χ3n) is 10.7. The number of pyridine rings is 2. The van der Waals surface area contributed by atoms with Crippen LogP contribution in [0.4, 0.5) is 0 Å². The van der Waals surface area contributed by atoms with Crippen LogP contribution in [-0.4, -0.2) is 9.97 Å². The fraction of sp³-hybridized carbons (Fsp3) is 0.0870. The molecule has 0 radical (unpaired) electrons. The maximum Gasteiger partial charge on any atom is 0.0937 e. The Hall–Kier alpha value is -5.86. The van der Waals surface area contributed by atoms with Gasteiger partial charge in [0.25, 0.3) is 0 Å². The average Bonchev–Trinajstić information content (AvgIpc) is 3.56. The lowest BCUT2D eigenvalue weighted by atomic mass is 9.82. The number of nitrogens with zero attached hydrogens (tertiary/aromatic N) is 2. The molecular formula is C46H32N2. The van der Waals surface area contributed by atoms with E-state index in [1.165, 1.54) is 77.2 Å². The van der Waals surface area contributed by atoms with Gasteiger partial charge in [0.2, 0.25) is 0 Å². The van der Waals surface area contributed by atoms with Crippen molar-refractivity contribution in [3.63, 3.8) is 0 Å². The quantitative estimate of drug-likeness (QED) is 0.198. The molecule has 0 aliphatic heterocycles. The second-order valence-corrected chi connectivity index (χ2v) is 13.7. The summed E-state index contributed by atoms with van der Waals surface area (Å²) in [7, 11) is 0. The zero-order valence-electron chi connectivity index (χ0n) is 27.2. The van der Waals surface area contributed by atoms with Gasteiger partial charge < -0.3 is 0 Å². The van der Waals surface area contributed by atoms with Crippen LogP contribution in [0.15, 0.2) is 140 Å². The molecule has 0 spiro atoms. The van der Waals surface area contributed by atoms with E-state index < -0.39 is 0 Å². The number of hydrogen-bond acceptors (Lipinski definition) is 2. The summed E-state index contributed by atoms with van der Waals surface area (Å²) in [5.41, 5.74) is 17.8. The normalized spacial score (nSPS) is 13.5. The van der Waals surface area contributed by atoms with E-state index in [0.717, 1.165) is 28.3 Å². The summed E-state index contributed by atoms with van der Waals surface area (Å²) in [6.07, 6.45) is 0. The van der Waals surface area contributed by atoms with Gasteiger partial charge >= 0.3 is 0 Å². The van der Waals surface area contributed by atoms with Gasteiger partial charge in [-0.3, -0.25) is 4.98 Å². The van der Waals surface area contributed by atoms with Gasteiger partial charge in [-0.15, -0.1) is 0 Å². The van der Waals surface area contributed by atoms with Gasteiger partial charge in [0.15, 0.2) is 0 Å². The van der Waals surface area contributed by atoms with Crippen molar-refractivity contribution in [2.75, 3.05) is 0 Å². The van der Waals surface area contributed by atoms with E-state index in [4.69, 9.17) is 9.97 Å². The molecular weight excluding hydrogens is 581 g/mol. The Morgan fingerprint density at radius 2 is 0.938 bits per heavy atom. The van der Waals surface area contributed by atoms with Crippen molar-refractivity contribution in [3.05, 3.63) is 156 Å². The topological polar surface area (TPSA) is 25.8 Å². The van der Waals surface area contributed by atoms with Crippen LogP contribution in [0.2, 0.25) is 0 Å². The smallest absolute Gasteiger partial charge is 0.0937 e. The molecule has 2 aliphatic carbocycles. The molecule has 2 heteroatoms. The molecule has 2 nitrogen and oxygen atoms in total. The average molecular weight is 613 g/mol. The Morgan fingerprint density at radius 1 is 0.417 bits per heavy atom. The maximum atomic E-state index is 5.39. The first kappa shape index (κ1) is 27.3. The number of aryl methyl sites for hydroxylation is 1. The third-order valence-corrected chi connectivity index (χ3v) is 10.7. The van der Waals surface area contributed by atoms with E-state index in [1.54, 1.807) is 0 Å². The lowest BCUT2D eigenvalue weighted by Gasteiger charge is -2.20. The fourth-order valence-corrected chi connectivity index (χ4v) is 8.51. The zero-order valence-corrected chi connectivity index (χ0v) is 27.2. The van der Waals surface area contributed by atoms with E-state index in [-0.39, 0.29) is 5.41 Å². The molecule has 10 rings (SSSR count). The number of hydrogen-bond donors (Lipinski definition) is 0. The highest BCUT2D eigenvalue weighted by Crippen LogP contribution is 2.58. The summed E-state index contributed by atoms with van der Waals surface area (Å²) in [5.74, 6) is 0. The van der Waals surface area contributed by atoms with Crippen LogP contribution in [0, 0.1) is 6.92 Å². The summed E-state index contributed by atoms with van der Waals surface area (Å²) in [6, 6.07) is 51.1. The molecule has 2 aromatic heterocycles. The molecule has 2 heterocycles. The highest BCUT2D eigenvalue weighted by molar-refractivity contribution is 6.28. The molecule has 0 saturated carbocycles. The molecule has 226 valence electrons. The van der Waals surface area contributed by atoms with E-state index in [9.17, 15) is 0 Å². The van der Waals surface area contributed by atoms with Crippen LogP contribution in [0.5, 0.6) is 0 Å². The first-order chi connectivity index (χ1) is 23.5. The molecule has 0 saturated heterocycles. The molecule has 0 fully saturated rings. The van der Waals surface area contributed by atoms with Gasteiger partial charge in [0.1, 0.15) is 0 Å². The molecule has 8 aromatic rings. The first-order valence-electron chi connectivity index (χ1n) is 16.8. The molecule has 0 amide bonds. The molecule has 0 N–H and O–H groups in total. The van der Waals surface area contributed by atoms with Crippen LogP contribution in [-0.2, 0) is 5.41 Å². The minimum atomic E-state index is -0.135. The summed E-state index contributed by atoms with van der Waals surface area (Å²) in [4.78, 5) is 10.4. The van der Waals surface area contributed by atoms with E-state index in [1.807, 2.05) is 0 Å². The van der Waals surface area contributed by atoms with Gasteiger partial charge in [0.05, 0.1) is 17.1 Å². The van der Waals surface area contributed by atoms with Crippen molar-refractivity contribution in [2.24, 2.45) is 0 Å². The molecule has 2 aliphatic rings. The molecule has 48 heavy (non-hydrogen) atoms. The minimum absolute atomic E-state index is 0.135. The number of benzene rings is 6. The van der Waals surface area contributed by atoms with Crippen LogP contribution in [0.1, 0.15) is 30.7 Å². The van der Waals surface area contributed by atoms with Gasteiger partial charge in [-0.25, -0.2) is 4.98 Å². The zero-order chi connectivity index (χ0) is 32.1. The SMILES string of the molecule is Cc1ccc2c(n1)-c1nc(-c3ccc4c5c(cccc35)-c3c-4c(-c4ccccc4)c4ccccc4c3-c3ccccc3)ccc1C2(C)C. The van der Waals surface area contributed by atoms with Crippen molar-refractivity contribution in [1.29, 1.82) is 0 Å². The molecule has 6 aromatic carbocycles. The van der Waals surface area contributed by atoms with Crippen LogP contribution < -0.4 is 0 Å². The predicted molar refractivity (Wildman–Crippen MR) is 200 cm³/mol. The van der Waals surface area contributed by atoms with E-state index in [2.05, 4.69) is 160 Å². The molecule has 0 unspecified atom stereocenters. The molecule has 0 bridgehead atoms. The van der Waals surface area contributed by atoms with Crippen molar-refractivity contribution < 1.29 is 0 Å². The second-order valence-electron chi connectivity index (χ2n) is 13.7. The Bertz CT molecular complexity index is 2540. The molecule has 0 atom stereocenters. The number of aromatic nitrogens is 2. The number of fused-ring (bicyclic) bond motifs is 7. The Morgan fingerprint density at radius 3 is 1.58 bits per heavy atom. The lowest BCUT2D eigenvalue weighted by Crippen LogP contribution is -2.15. The van der Waals surface area contributed by atoms with Gasteiger partial charge in [-0.05, 0) is 96.2 Å².